The van der Waals surface area contributed by atoms with Crippen molar-refractivity contribution in [1.29, 1.82) is 0 Å². The molecule has 2 heterocycles. The summed E-state index contributed by atoms with van der Waals surface area (Å²) in [4.78, 5) is 14.2. The molecule has 1 atom stereocenters. The molecule has 1 unspecified atom stereocenters. The summed E-state index contributed by atoms with van der Waals surface area (Å²) in [6, 6.07) is 4.13. The molecule has 0 amide bonds. The van der Waals surface area contributed by atoms with Crippen molar-refractivity contribution in [3.63, 3.8) is 0 Å². The van der Waals surface area contributed by atoms with Crippen molar-refractivity contribution in [1.82, 2.24) is 20.6 Å². The molecule has 0 aliphatic rings. The summed E-state index contributed by atoms with van der Waals surface area (Å²) in [6.07, 6.45) is 6.60. The second kappa shape index (κ2) is 11.4. The number of halogens is 1. The standard InChI is InChI=1S/C18H27N5S.HI/c1-13(2)16(15-6-5-8-20-11-15)12-23-18(19-4)21-9-7-17-22-10-14(3)24-17;/h5-6,8,10-11,13,16H,7,9,12H2,1-4H3,(H2,19,21,23);1H. The highest BCUT2D eigenvalue weighted by Gasteiger charge is 2.16. The van der Waals surface area contributed by atoms with Gasteiger partial charge in [0.1, 0.15) is 0 Å². The van der Waals surface area contributed by atoms with Gasteiger partial charge in [-0.3, -0.25) is 9.98 Å². The molecule has 0 radical (unpaired) electrons. The fourth-order valence-corrected chi connectivity index (χ4v) is 3.35. The van der Waals surface area contributed by atoms with E-state index in [2.05, 4.69) is 52.4 Å². The van der Waals surface area contributed by atoms with Crippen LogP contribution in [0.25, 0.3) is 0 Å². The van der Waals surface area contributed by atoms with E-state index < -0.39 is 0 Å². The van der Waals surface area contributed by atoms with E-state index in [1.54, 1.807) is 18.4 Å². The van der Waals surface area contributed by atoms with Crippen molar-refractivity contribution in [3.8, 4) is 0 Å². The largest absolute Gasteiger partial charge is 0.356 e. The van der Waals surface area contributed by atoms with E-state index in [9.17, 15) is 0 Å². The normalized spacial score (nSPS) is 12.6. The SMILES string of the molecule is CN=C(NCCc1ncc(C)s1)NCC(c1cccnc1)C(C)C.I. The van der Waals surface area contributed by atoms with Crippen LogP contribution < -0.4 is 10.6 Å². The number of guanidine groups is 1. The molecule has 25 heavy (non-hydrogen) atoms. The molecular formula is C18H28IN5S. The molecule has 0 bridgehead atoms. The van der Waals surface area contributed by atoms with E-state index in [1.807, 2.05) is 24.7 Å². The molecule has 2 aromatic heterocycles. The van der Waals surface area contributed by atoms with Crippen LogP contribution in [0, 0.1) is 12.8 Å². The van der Waals surface area contributed by atoms with Crippen molar-refractivity contribution in [2.24, 2.45) is 10.9 Å². The average molecular weight is 473 g/mol. The average Bonchev–Trinajstić information content (AvgIpc) is 2.99. The predicted octanol–water partition coefficient (Wildman–Crippen LogP) is 3.61. The van der Waals surface area contributed by atoms with E-state index in [0.717, 1.165) is 30.5 Å². The highest BCUT2D eigenvalue weighted by molar-refractivity contribution is 14.0. The molecule has 138 valence electrons. The number of aliphatic imine (C=N–C) groups is 1. The summed E-state index contributed by atoms with van der Waals surface area (Å²) < 4.78 is 0. The van der Waals surface area contributed by atoms with E-state index in [4.69, 9.17) is 0 Å². The van der Waals surface area contributed by atoms with Crippen LogP contribution in [0.2, 0.25) is 0 Å². The zero-order valence-corrected chi connectivity index (χ0v) is 18.5. The number of rotatable bonds is 7. The van der Waals surface area contributed by atoms with Gasteiger partial charge in [-0.15, -0.1) is 35.3 Å². The second-order valence-electron chi connectivity index (χ2n) is 6.13. The molecule has 7 heteroatoms. The lowest BCUT2D eigenvalue weighted by atomic mass is 9.89. The van der Waals surface area contributed by atoms with Crippen molar-refractivity contribution in [2.75, 3.05) is 20.1 Å². The summed E-state index contributed by atoms with van der Waals surface area (Å²) in [7, 11) is 1.80. The highest BCUT2D eigenvalue weighted by atomic mass is 127. The maximum atomic E-state index is 4.39. The van der Waals surface area contributed by atoms with Gasteiger partial charge in [0.15, 0.2) is 5.96 Å². The van der Waals surface area contributed by atoms with Crippen molar-refractivity contribution in [2.45, 2.75) is 33.1 Å². The number of hydrogen-bond donors (Lipinski definition) is 2. The first-order chi connectivity index (χ1) is 11.6. The number of hydrogen-bond acceptors (Lipinski definition) is 4. The Morgan fingerprint density at radius 1 is 1.28 bits per heavy atom. The lowest BCUT2D eigenvalue weighted by Gasteiger charge is -2.22. The Balaban J connectivity index is 0.00000312. The third-order valence-electron chi connectivity index (χ3n) is 3.93. The number of nitrogens with zero attached hydrogens (tertiary/aromatic N) is 3. The van der Waals surface area contributed by atoms with Crippen LogP contribution in [0.4, 0.5) is 0 Å². The molecule has 0 aromatic carbocycles. The van der Waals surface area contributed by atoms with Gasteiger partial charge in [-0.05, 0) is 24.5 Å². The number of aryl methyl sites for hydroxylation is 1. The Morgan fingerprint density at radius 3 is 2.64 bits per heavy atom. The van der Waals surface area contributed by atoms with Crippen LogP contribution in [-0.2, 0) is 6.42 Å². The maximum absolute atomic E-state index is 4.39. The molecule has 0 fully saturated rings. The Labute approximate surface area is 171 Å². The van der Waals surface area contributed by atoms with Crippen LogP contribution in [0.3, 0.4) is 0 Å². The van der Waals surface area contributed by atoms with Gasteiger partial charge in [-0.2, -0.15) is 0 Å². The summed E-state index contributed by atoms with van der Waals surface area (Å²) >= 11 is 1.75. The second-order valence-corrected chi connectivity index (χ2v) is 7.45. The lowest BCUT2D eigenvalue weighted by Crippen LogP contribution is -2.40. The van der Waals surface area contributed by atoms with Gasteiger partial charge in [-0.25, -0.2) is 4.98 Å². The first-order valence-corrected chi connectivity index (χ1v) is 9.17. The van der Waals surface area contributed by atoms with Crippen LogP contribution in [-0.4, -0.2) is 36.1 Å². The highest BCUT2D eigenvalue weighted by Crippen LogP contribution is 2.22. The van der Waals surface area contributed by atoms with Crippen molar-refractivity contribution >= 4 is 41.3 Å². The van der Waals surface area contributed by atoms with Crippen LogP contribution in [0.15, 0.2) is 35.7 Å². The molecule has 0 spiro atoms. The molecular weight excluding hydrogens is 445 g/mol. The Bertz CT molecular complexity index is 642. The molecule has 2 aromatic rings. The van der Waals surface area contributed by atoms with Gasteiger partial charge in [0.2, 0.25) is 0 Å². The molecule has 0 aliphatic carbocycles. The van der Waals surface area contributed by atoms with E-state index in [0.29, 0.717) is 11.8 Å². The summed E-state index contributed by atoms with van der Waals surface area (Å²) in [6.45, 7) is 8.21. The fraction of sp³-hybridized carbons (Fsp3) is 0.500. The third kappa shape index (κ3) is 7.27. The lowest BCUT2D eigenvalue weighted by molar-refractivity contribution is 0.487. The molecule has 5 nitrogen and oxygen atoms in total. The molecule has 2 rings (SSSR count). The first-order valence-electron chi connectivity index (χ1n) is 8.36. The minimum absolute atomic E-state index is 0. The van der Waals surface area contributed by atoms with E-state index >= 15 is 0 Å². The van der Waals surface area contributed by atoms with Crippen LogP contribution in [0.5, 0.6) is 0 Å². The molecule has 0 saturated carbocycles. The quantitative estimate of drug-likeness (QED) is 0.367. The zero-order valence-electron chi connectivity index (χ0n) is 15.3. The smallest absolute Gasteiger partial charge is 0.191 e. The zero-order chi connectivity index (χ0) is 17.4. The van der Waals surface area contributed by atoms with Gasteiger partial charge < -0.3 is 10.6 Å². The van der Waals surface area contributed by atoms with Crippen LogP contribution >= 0.6 is 35.3 Å². The predicted molar refractivity (Wildman–Crippen MR) is 117 cm³/mol. The maximum Gasteiger partial charge on any atom is 0.191 e. The van der Waals surface area contributed by atoms with E-state index in [-0.39, 0.29) is 24.0 Å². The fourth-order valence-electron chi connectivity index (χ4n) is 2.57. The Morgan fingerprint density at radius 2 is 2.08 bits per heavy atom. The molecule has 0 saturated heterocycles. The summed E-state index contributed by atoms with van der Waals surface area (Å²) in [5.74, 6) is 1.76. The van der Waals surface area contributed by atoms with Gasteiger partial charge in [0.25, 0.3) is 0 Å². The topological polar surface area (TPSA) is 62.2 Å². The third-order valence-corrected chi connectivity index (χ3v) is 4.90. The minimum Gasteiger partial charge on any atom is -0.356 e. The number of nitrogens with one attached hydrogen (secondary N) is 2. The molecule has 0 aliphatic heterocycles. The van der Waals surface area contributed by atoms with E-state index in [1.165, 1.54) is 10.4 Å². The summed E-state index contributed by atoms with van der Waals surface area (Å²) in [5.41, 5.74) is 1.26. The summed E-state index contributed by atoms with van der Waals surface area (Å²) in [5, 5.41) is 7.96. The Kier molecular flexibility index (Phi) is 9.96. The minimum atomic E-state index is 0. The monoisotopic (exact) mass is 473 g/mol. The number of aromatic nitrogens is 2. The van der Waals surface area contributed by atoms with Crippen molar-refractivity contribution < 1.29 is 0 Å². The number of thiazole rings is 1. The van der Waals surface area contributed by atoms with Gasteiger partial charge in [0.05, 0.1) is 5.01 Å². The Hall–Kier alpha value is -1.22. The first kappa shape index (κ1) is 21.8. The molecule has 2 N–H and O–H groups in total. The van der Waals surface area contributed by atoms with Crippen LogP contribution in [0.1, 0.15) is 35.2 Å². The van der Waals surface area contributed by atoms with Crippen molar-refractivity contribution in [3.05, 3.63) is 46.2 Å². The number of pyridine rings is 1. The van der Waals surface area contributed by atoms with Gasteiger partial charge in [0, 0.05) is 55.9 Å². The van der Waals surface area contributed by atoms with Gasteiger partial charge in [-0.1, -0.05) is 19.9 Å². The van der Waals surface area contributed by atoms with Gasteiger partial charge >= 0.3 is 0 Å².